The molecule has 1 aromatic rings. The molecule has 0 unspecified atom stereocenters. The number of hydrogen-bond acceptors (Lipinski definition) is 4. The Morgan fingerprint density at radius 1 is 1.18 bits per heavy atom. The van der Waals surface area contributed by atoms with Crippen LogP contribution >= 0.6 is 0 Å². The molecule has 152 valence electrons. The number of amidine groups is 1. The zero-order valence-electron chi connectivity index (χ0n) is 17.2. The third-order valence-electron chi connectivity index (χ3n) is 4.81. The second-order valence-corrected chi connectivity index (χ2v) is 6.79. The fourth-order valence-corrected chi connectivity index (χ4v) is 3.21. The van der Waals surface area contributed by atoms with Gasteiger partial charge in [0.15, 0.2) is 5.84 Å². The number of benzene rings is 1. The number of hydrogen-bond donors (Lipinski definition) is 1. The minimum absolute atomic E-state index is 0.252. The summed E-state index contributed by atoms with van der Waals surface area (Å²) in [6.07, 6.45) is 6.16. The molecule has 0 spiro atoms. The van der Waals surface area contributed by atoms with Gasteiger partial charge in [-0.25, -0.2) is 9.98 Å². The molecule has 1 aromatic carbocycles. The van der Waals surface area contributed by atoms with Crippen molar-refractivity contribution >= 4 is 23.6 Å². The van der Waals surface area contributed by atoms with Crippen molar-refractivity contribution in [1.29, 1.82) is 0 Å². The predicted molar refractivity (Wildman–Crippen MR) is 119 cm³/mol. The predicted octanol–water partition coefficient (Wildman–Crippen LogP) is 3.10. The zero-order valence-corrected chi connectivity index (χ0v) is 17.2. The van der Waals surface area contributed by atoms with Crippen LogP contribution in [0.4, 0.5) is 5.69 Å². The summed E-state index contributed by atoms with van der Waals surface area (Å²) in [6, 6.07) is 8.25. The van der Waals surface area contributed by atoms with E-state index in [-0.39, 0.29) is 5.91 Å². The summed E-state index contributed by atoms with van der Waals surface area (Å²) in [4.78, 5) is 25.2. The second kappa shape index (κ2) is 12.1. The Labute approximate surface area is 169 Å². The molecule has 0 aromatic heterocycles. The van der Waals surface area contributed by atoms with E-state index in [9.17, 15) is 4.79 Å². The lowest BCUT2D eigenvalue weighted by atomic mass is 10.1. The van der Waals surface area contributed by atoms with Gasteiger partial charge in [0.25, 0.3) is 0 Å². The number of piperazine rings is 1. The Hall–Kier alpha value is -2.47. The molecule has 1 heterocycles. The minimum atomic E-state index is 0.252. The Bertz CT molecular complexity index is 673. The number of anilines is 1. The number of rotatable bonds is 9. The summed E-state index contributed by atoms with van der Waals surface area (Å²) in [5.74, 6) is 0.911. The Morgan fingerprint density at radius 3 is 2.50 bits per heavy atom. The normalized spacial score (nSPS) is 15.3. The fraction of sp³-hybridized carbons (Fsp3) is 0.500. The molecule has 6 heteroatoms. The summed E-state index contributed by atoms with van der Waals surface area (Å²) in [5, 5.41) is 3.34. The van der Waals surface area contributed by atoms with Crippen molar-refractivity contribution in [2.75, 3.05) is 44.2 Å². The van der Waals surface area contributed by atoms with Crippen LogP contribution in [0, 0.1) is 0 Å². The van der Waals surface area contributed by atoms with Crippen molar-refractivity contribution in [3.8, 4) is 0 Å². The van der Waals surface area contributed by atoms with Crippen LogP contribution in [-0.4, -0.2) is 62.1 Å². The minimum Gasteiger partial charge on any atom is -0.368 e. The molecule has 6 nitrogen and oxygen atoms in total. The second-order valence-electron chi connectivity index (χ2n) is 6.79. The average molecular weight is 384 g/mol. The highest BCUT2D eigenvalue weighted by atomic mass is 16.2. The summed E-state index contributed by atoms with van der Waals surface area (Å²) in [5.41, 5.74) is 2.13. The number of nitrogens with one attached hydrogen (secondary N) is 1. The Balaban J connectivity index is 1.83. The van der Waals surface area contributed by atoms with Crippen molar-refractivity contribution in [3.63, 3.8) is 0 Å². The summed E-state index contributed by atoms with van der Waals surface area (Å²) < 4.78 is 0. The molecule has 0 atom stereocenters. The Kier molecular flexibility index (Phi) is 9.42. The first-order chi connectivity index (χ1) is 13.7. The van der Waals surface area contributed by atoms with Crippen LogP contribution in [-0.2, 0) is 4.79 Å². The molecule has 1 saturated heterocycles. The number of carbonyl (C=O) groups is 1. The maximum absolute atomic E-state index is 12.3. The van der Waals surface area contributed by atoms with Crippen molar-refractivity contribution in [1.82, 2.24) is 10.2 Å². The largest absolute Gasteiger partial charge is 0.368 e. The molecule has 0 saturated carbocycles. The highest BCUT2D eigenvalue weighted by molar-refractivity contribution is 6.03. The van der Waals surface area contributed by atoms with Gasteiger partial charge in [0.1, 0.15) is 0 Å². The standard InChI is InChI=1S/C22H33N5O/c1-4-7-13-23-14-12-21(28)27-17-15-26(16-18-27)20-10-8-19(9-11-20)22(24-5-2)25-6-3/h5-6,8-11,23H,2,4,7,12-18H2,1,3H3. The monoisotopic (exact) mass is 383 g/mol. The zero-order chi connectivity index (χ0) is 20.2. The van der Waals surface area contributed by atoms with Crippen LogP contribution in [0.3, 0.4) is 0 Å². The van der Waals surface area contributed by atoms with Crippen molar-refractivity contribution in [2.24, 2.45) is 9.98 Å². The van der Waals surface area contributed by atoms with Gasteiger partial charge in [-0.3, -0.25) is 4.79 Å². The van der Waals surface area contributed by atoms with Crippen LogP contribution in [0.1, 0.15) is 38.7 Å². The summed E-state index contributed by atoms with van der Waals surface area (Å²) in [6.45, 7) is 12.7. The van der Waals surface area contributed by atoms with Gasteiger partial charge in [0, 0.05) is 62.8 Å². The van der Waals surface area contributed by atoms with Crippen LogP contribution in [0.5, 0.6) is 0 Å². The van der Waals surface area contributed by atoms with E-state index >= 15 is 0 Å². The first kappa shape index (κ1) is 21.8. The van der Waals surface area contributed by atoms with Crippen molar-refractivity contribution in [2.45, 2.75) is 33.1 Å². The van der Waals surface area contributed by atoms with Gasteiger partial charge in [-0.15, -0.1) is 0 Å². The van der Waals surface area contributed by atoms with Crippen LogP contribution in [0.15, 0.2) is 47.0 Å². The van der Waals surface area contributed by atoms with Gasteiger partial charge in [-0.2, -0.15) is 0 Å². The highest BCUT2D eigenvalue weighted by Gasteiger charge is 2.21. The maximum atomic E-state index is 12.3. The van der Waals surface area contributed by atoms with Gasteiger partial charge in [0.2, 0.25) is 5.91 Å². The molecule has 0 bridgehead atoms. The molecule has 2 rings (SSSR count). The quantitative estimate of drug-likeness (QED) is 0.405. The van der Waals surface area contributed by atoms with E-state index < -0.39 is 0 Å². The first-order valence-electron chi connectivity index (χ1n) is 10.2. The average Bonchev–Trinajstić information content (AvgIpc) is 2.73. The molecular weight excluding hydrogens is 350 g/mol. The lowest BCUT2D eigenvalue weighted by Gasteiger charge is -2.36. The van der Waals surface area contributed by atoms with E-state index in [0.717, 1.165) is 56.9 Å². The van der Waals surface area contributed by atoms with E-state index in [4.69, 9.17) is 0 Å². The van der Waals surface area contributed by atoms with E-state index in [1.54, 1.807) is 6.21 Å². The smallest absolute Gasteiger partial charge is 0.223 e. The SMILES string of the molecule is C=CN=C(N=CC)c1ccc(N2CCN(C(=O)CCNCCCC)CC2)cc1. The van der Waals surface area contributed by atoms with E-state index in [0.29, 0.717) is 12.3 Å². The van der Waals surface area contributed by atoms with E-state index in [1.165, 1.54) is 12.6 Å². The van der Waals surface area contributed by atoms with Crippen molar-refractivity contribution in [3.05, 3.63) is 42.6 Å². The topological polar surface area (TPSA) is 60.3 Å². The van der Waals surface area contributed by atoms with Crippen LogP contribution in [0.25, 0.3) is 0 Å². The molecule has 1 aliphatic heterocycles. The van der Waals surface area contributed by atoms with Crippen LogP contribution < -0.4 is 10.2 Å². The van der Waals surface area contributed by atoms with Gasteiger partial charge in [0.05, 0.1) is 0 Å². The molecule has 0 aliphatic carbocycles. The van der Waals surface area contributed by atoms with E-state index in [1.807, 2.05) is 24.0 Å². The number of nitrogens with zero attached hydrogens (tertiary/aromatic N) is 4. The van der Waals surface area contributed by atoms with Crippen LogP contribution in [0.2, 0.25) is 0 Å². The number of amides is 1. The molecular formula is C22H33N5O. The summed E-state index contributed by atoms with van der Waals surface area (Å²) in [7, 11) is 0. The number of carbonyl (C=O) groups excluding carboxylic acids is 1. The fourth-order valence-electron chi connectivity index (χ4n) is 3.21. The molecule has 1 aliphatic rings. The molecule has 1 fully saturated rings. The number of aliphatic imine (C=N–C) groups is 2. The van der Waals surface area contributed by atoms with Gasteiger partial charge >= 0.3 is 0 Å². The molecule has 1 N–H and O–H groups in total. The number of unbranched alkanes of at least 4 members (excludes halogenated alkanes) is 1. The lowest BCUT2D eigenvalue weighted by Crippen LogP contribution is -2.49. The third-order valence-corrected chi connectivity index (χ3v) is 4.81. The first-order valence-corrected chi connectivity index (χ1v) is 10.2. The van der Waals surface area contributed by atoms with Gasteiger partial charge in [-0.1, -0.05) is 19.9 Å². The lowest BCUT2D eigenvalue weighted by molar-refractivity contribution is -0.131. The van der Waals surface area contributed by atoms with Gasteiger partial charge < -0.3 is 15.1 Å². The maximum Gasteiger partial charge on any atom is 0.223 e. The van der Waals surface area contributed by atoms with E-state index in [2.05, 4.69) is 45.8 Å². The highest BCUT2D eigenvalue weighted by Crippen LogP contribution is 2.18. The van der Waals surface area contributed by atoms with Gasteiger partial charge in [-0.05, 0) is 44.2 Å². The Morgan fingerprint density at radius 2 is 1.89 bits per heavy atom. The van der Waals surface area contributed by atoms with Crippen molar-refractivity contribution < 1.29 is 4.79 Å². The summed E-state index contributed by atoms with van der Waals surface area (Å²) >= 11 is 0. The molecule has 0 radical (unpaired) electrons. The molecule has 1 amide bonds. The third kappa shape index (κ3) is 6.60. The molecule has 28 heavy (non-hydrogen) atoms.